The van der Waals surface area contributed by atoms with Crippen molar-refractivity contribution in [2.45, 2.75) is 18.9 Å². The maximum absolute atomic E-state index is 12.8. The lowest BCUT2D eigenvalue weighted by Gasteiger charge is -2.46. The third-order valence-electron chi connectivity index (χ3n) is 5.71. The largest absolute Gasteiger partial charge is 0.469 e. The molecule has 0 bridgehead atoms. The van der Waals surface area contributed by atoms with Gasteiger partial charge in [0.25, 0.3) is 5.91 Å². The zero-order valence-corrected chi connectivity index (χ0v) is 15.1. The van der Waals surface area contributed by atoms with Crippen molar-refractivity contribution in [1.82, 2.24) is 9.80 Å². The van der Waals surface area contributed by atoms with Gasteiger partial charge >= 0.3 is 0 Å². The number of nitrogens with zero attached hydrogens (tertiary/aromatic N) is 3. The highest BCUT2D eigenvalue weighted by molar-refractivity contribution is 5.97. The van der Waals surface area contributed by atoms with E-state index in [2.05, 4.69) is 4.90 Å². The smallest absolute Gasteiger partial charge is 0.257 e. The van der Waals surface area contributed by atoms with E-state index in [0.29, 0.717) is 37.5 Å². The Bertz CT molecular complexity index is 832. The molecule has 4 rings (SSSR count). The molecule has 2 amide bonds. The van der Waals surface area contributed by atoms with Gasteiger partial charge in [0.15, 0.2) is 0 Å². The lowest BCUT2D eigenvalue weighted by Crippen LogP contribution is -2.64. The highest BCUT2D eigenvalue weighted by Crippen LogP contribution is 2.34. The van der Waals surface area contributed by atoms with Crippen molar-refractivity contribution in [2.24, 2.45) is 0 Å². The number of para-hydroxylation sites is 1. The van der Waals surface area contributed by atoms with E-state index < -0.39 is 0 Å². The van der Waals surface area contributed by atoms with Crippen molar-refractivity contribution in [3.8, 4) is 0 Å². The van der Waals surface area contributed by atoms with Crippen LogP contribution in [0.4, 0.5) is 5.69 Å². The normalized spacial score (nSPS) is 23.8. The molecule has 2 aliphatic heterocycles. The molecule has 2 saturated heterocycles. The summed E-state index contributed by atoms with van der Waals surface area (Å²) >= 11 is 0. The molecule has 0 saturated carbocycles. The molecule has 1 aromatic heterocycles. The zero-order valence-electron chi connectivity index (χ0n) is 15.1. The van der Waals surface area contributed by atoms with Crippen molar-refractivity contribution in [1.29, 1.82) is 0 Å². The number of likely N-dealkylation sites (N-methyl/N-ethyl adjacent to an activating group) is 1. The van der Waals surface area contributed by atoms with Gasteiger partial charge < -0.3 is 14.2 Å². The number of piperazine rings is 1. The molecular formula is C20H23N3O3. The Hall–Kier alpha value is -2.60. The van der Waals surface area contributed by atoms with Crippen LogP contribution in [0.2, 0.25) is 0 Å². The van der Waals surface area contributed by atoms with E-state index in [1.54, 1.807) is 12.3 Å². The minimum Gasteiger partial charge on any atom is -0.469 e. The number of hydrogen-bond acceptors (Lipinski definition) is 4. The van der Waals surface area contributed by atoms with E-state index in [1.165, 1.54) is 0 Å². The molecule has 136 valence electrons. The summed E-state index contributed by atoms with van der Waals surface area (Å²) in [6, 6.07) is 11.5. The lowest BCUT2D eigenvalue weighted by atomic mass is 9.92. The number of carbonyl (C=O) groups excluding carboxylic acids is 2. The molecule has 1 unspecified atom stereocenters. The number of aryl methyl sites for hydroxylation is 1. The summed E-state index contributed by atoms with van der Waals surface area (Å²) in [6.07, 6.45) is 2.40. The summed E-state index contributed by atoms with van der Waals surface area (Å²) in [6.45, 7) is 4.07. The fourth-order valence-electron chi connectivity index (χ4n) is 4.05. The standard InChI is InChI=1S/C20H23N3O3/c1-15-17(8-11-26-15)19(25)22-10-9-20(13-22)14-23(18(24)12-21(20)2)16-6-4-3-5-7-16/h3-8,11H,9-10,12-14H2,1-2H3. The molecule has 26 heavy (non-hydrogen) atoms. The highest BCUT2D eigenvalue weighted by Gasteiger charge is 2.48. The van der Waals surface area contributed by atoms with E-state index in [-0.39, 0.29) is 17.4 Å². The van der Waals surface area contributed by atoms with E-state index in [1.807, 2.05) is 54.1 Å². The van der Waals surface area contributed by atoms with Gasteiger partial charge in [0.1, 0.15) is 5.76 Å². The summed E-state index contributed by atoms with van der Waals surface area (Å²) in [4.78, 5) is 31.3. The molecule has 0 aliphatic carbocycles. The van der Waals surface area contributed by atoms with Crippen molar-refractivity contribution < 1.29 is 14.0 Å². The van der Waals surface area contributed by atoms with Crippen molar-refractivity contribution >= 4 is 17.5 Å². The molecular weight excluding hydrogens is 330 g/mol. The van der Waals surface area contributed by atoms with Crippen LogP contribution in [0.25, 0.3) is 0 Å². The van der Waals surface area contributed by atoms with Crippen LogP contribution >= 0.6 is 0 Å². The van der Waals surface area contributed by atoms with Gasteiger partial charge in [-0.15, -0.1) is 0 Å². The number of furan rings is 1. The molecule has 3 heterocycles. The summed E-state index contributed by atoms with van der Waals surface area (Å²) in [7, 11) is 1.98. The van der Waals surface area contributed by atoms with Crippen LogP contribution in [0.15, 0.2) is 47.1 Å². The monoisotopic (exact) mass is 353 g/mol. The summed E-state index contributed by atoms with van der Waals surface area (Å²) < 4.78 is 5.28. The minimum atomic E-state index is -0.211. The van der Waals surface area contributed by atoms with E-state index in [4.69, 9.17) is 4.42 Å². The topological polar surface area (TPSA) is 57.0 Å². The number of hydrogen-bond donors (Lipinski definition) is 0. The number of benzene rings is 1. The number of amides is 2. The van der Waals surface area contributed by atoms with E-state index >= 15 is 0 Å². The van der Waals surface area contributed by atoms with E-state index in [9.17, 15) is 9.59 Å². The average Bonchev–Trinajstić information content (AvgIpc) is 3.26. The van der Waals surface area contributed by atoms with Gasteiger partial charge in [0.05, 0.1) is 23.9 Å². The van der Waals surface area contributed by atoms with Gasteiger partial charge in [0.2, 0.25) is 5.91 Å². The van der Waals surface area contributed by atoms with E-state index in [0.717, 1.165) is 12.1 Å². The Morgan fingerprint density at radius 1 is 1.15 bits per heavy atom. The maximum atomic E-state index is 12.8. The Morgan fingerprint density at radius 3 is 2.62 bits per heavy atom. The number of likely N-dealkylation sites (tertiary alicyclic amines) is 1. The molecule has 6 heteroatoms. The number of carbonyl (C=O) groups is 2. The van der Waals surface area contributed by atoms with Crippen LogP contribution in [-0.4, -0.2) is 60.4 Å². The molecule has 2 fully saturated rings. The van der Waals surface area contributed by atoms with Crippen molar-refractivity contribution in [3.63, 3.8) is 0 Å². The summed E-state index contributed by atoms with van der Waals surface area (Å²) in [5, 5.41) is 0. The second-order valence-corrected chi connectivity index (χ2v) is 7.26. The van der Waals surface area contributed by atoms with Crippen LogP contribution < -0.4 is 4.90 Å². The van der Waals surface area contributed by atoms with Crippen LogP contribution in [0, 0.1) is 6.92 Å². The fourth-order valence-corrected chi connectivity index (χ4v) is 4.05. The first-order valence-corrected chi connectivity index (χ1v) is 8.90. The van der Waals surface area contributed by atoms with Gasteiger partial charge in [-0.3, -0.25) is 14.5 Å². The average molecular weight is 353 g/mol. The Balaban J connectivity index is 1.57. The molecule has 1 aromatic carbocycles. The third kappa shape index (κ3) is 2.70. The van der Waals surface area contributed by atoms with Gasteiger partial charge in [-0.05, 0) is 38.6 Å². The third-order valence-corrected chi connectivity index (χ3v) is 5.71. The van der Waals surface area contributed by atoms with Crippen LogP contribution in [0.3, 0.4) is 0 Å². The van der Waals surface area contributed by atoms with Crippen LogP contribution in [-0.2, 0) is 4.79 Å². The SMILES string of the molecule is Cc1occc1C(=O)N1CCC2(C1)CN(c1ccccc1)C(=O)CN2C. The van der Waals surface area contributed by atoms with Crippen LogP contribution in [0.5, 0.6) is 0 Å². The first-order chi connectivity index (χ1) is 12.5. The van der Waals surface area contributed by atoms with Gasteiger partial charge in [-0.2, -0.15) is 0 Å². The fraction of sp³-hybridized carbons (Fsp3) is 0.400. The van der Waals surface area contributed by atoms with Crippen molar-refractivity contribution in [2.75, 3.05) is 38.1 Å². The summed E-state index contributed by atoms with van der Waals surface area (Å²) in [5.74, 6) is 0.749. The molecule has 6 nitrogen and oxygen atoms in total. The maximum Gasteiger partial charge on any atom is 0.257 e. The second kappa shape index (κ2) is 6.29. The summed E-state index contributed by atoms with van der Waals surface area (Å²) in [5.41, 5.74) is 1.33. The number of anilines is 1. The highest BCUT2D eigenvalue weighted by atomic mass is 16.3. The lowest BCUT2D eigenvalue weighted by molar-refractivity contribution is -0.123. The predicted molar refractivity (Wildman–Crippen MR) is 98.1 cm³/mol. The molecule has 1 atom stereocenters. The molecule has 2 aromatic rings. The van der Waals surface area contributed by atoms with Gasteiger partial charge in [-0.1, -0.05) is 18.2 Å². The first-order valence-electron chi connectivity index (χ1n) is 8.90. The number of rotatable bonds is 2. The van der Waals surface area contributed by atoms with Gasteiger partial charge in [0, 0.05) is 25.3 Å². The second-order valence-electron chi connectivity index (χ2n) is 7.26. The molecule has 0 radical (unpaired) electrons. The predicted octanol–water partition coefficient (Wildman–Crippen LogP) is 2.15. The molecule has 0 N–H and O–H groups in total. The Morgan fingerprint density at radius 2 is 1.92 bits per heavy atom. The zero-order chi connectivity index (χ0) is 18.3. The van der Waals surface area contributed by atoms with Crippen molar-refractivity contribution in [3.05, 3.63) is 54.0 Å². The van der Waals surface area contributed by atoms with Gasteiger partial charge in [-0.25, -0.2) is 0 Å². The minimum absolute atomic E-state index is 0.00434. The quantitative estimate of drug-likeness (QED) is 0.830. The Kier molecular flexibility index (Phi) is 4.07. The molecule has 1 spiro atoms. The Labute approximate surface area is 153 Å². The molecule has 2 aliphatic rings. The van der Waals surface area contributed by atoms with Crippen LogP contribution in [0.1, 0.15) is 22.5 Å². The first kappa shape index (κ1) is 16.8.